The second-order valence-corrected chi connectivity index (χ2v) is 11.7. The zero-order valence-electron chi connectivity index (χ0n) is 22.5. The van der Waals surface area contributed by atoms with Crippen LogP contribution in [0, 0.1) is 0 Å². The lowest BCUT2D eigenvalue weighted by Crippen LogP contribution is -2.52. The van der Waals surface area contributed by atoms with Gasteiger partial charge in [0.05, 0.1) is 11.9 Å². The van der Waals surface area contributed by atoms with Crippen LogP contribution in [0.1, 0.15) is 32.8 Å². The van der Waals surface area contributed by atoms with E-state index in [0.29, 0.717) is 27.8 Å². The maximum atomic E-state index is 13.7. The minimum Gasteiger partial charge on any atom is -0.457 e. The Bertz CT molecular complexity index is 1370. The molecule has 0 radical (unpaired) electrons. The van der Waals surface area contributed by atoms with Gasteiger partial charge < -0.3 is 15.0 Å². The molecule has 10 heteroatoms. The third-order valence-corrected chi connectivity index (χ3v) is 7.57. The Kier molecular flexibility index (Phi) is 10.4. The molecule has 2 atom stereocenters. The van der Waals surface area contributed by atoms with Gasteiger partial charge in [-0.1, -0.05) is 48.9 Å². The van der Waals surface area contributed by atoms with E-state index in [1.165, 1.54) is 4.90 Å². The van der Waals surface area contributed by atoms with Crippen LogP contribution in [-0.4, -0.2) is 50.0 Å². The monoisotopic (exact) mass is 571 g/mol. The zero-order valence-corrected chi connectivity index (χ0v) is 24.1. The summed E-state index contributed by atoms with van der Waals surface area (Å²) in [5.41, 5.74) is 1.01. The van der Waals surface area contributed by atoms with E-state index >= 15 is 0 Å². The molecule has 1 N–H and O–H groups in total. The molecule has 39 heavy (non-hydrogen) atoms. The molecule has 0 heterocycles. The number of nitrogens with zero attached hydrogens (tertiary/aromatic N) is 2. The van der Waals surface area contributed by atoms with Gasteiger partial charge in [-0.2, -0.15) is 0 Å². The van der Waals surface area contributed by atoms with Crippen LogP contribution in [0.25, 0.3) is 0 Å². The fraction of sp³-hybridized carbons (Fsp3) is 0.310. The minimum absolute atomic E-state index is 0.0767. The quantitative estimate of drug-likeness (QED) is 0.321. The smallest absolute Gasteiger partial charge is 0.244 e. The molecule has 0 aliphatic carbocycles. The van der Waals surface area contributed by atoms with Crippen molar-refractivity contribution in [3.63, 3.8) is 0 Å². The Labute approximate surface area is 235 Å². The van der Waals surface area contributed by atoms with Crippen LogP contribution in [0.15, 0.2) is 78.9 Å². The predicted molar refractivity (Wildman–Crippen MR) is 155 cm³/mol. The largest absolute Gasteiger partial charge is 0.457 e. The fourth-order valence-electron chi connectivity index (χ4n) is 3.80. The van der Waals surface area contributed by atoms with Crippen LogP contribution in [0.2, 0.25) is 5.02 Å². The van der Waals surface area contributed by atoms with Crippen molar-refractivity contribution in [1.29, 1.82) is 0 Å². The van der Waals surface area contributed by atoms with Crippen LogP contribution >= 0.6 is 11.6 Å². The lowest BCUT2D eigenvalue weighted by molar-refractivity contribution is -0.139. The first-order valence-corrected chi connectivity index (χ1v) is 14.9. The van der Waals surface area contributed by atoms with E-state index in [0.717, 1.165) is 17.0 Å². The molecule has 8 nitrogen and oxygen atoms in total. The van der Waals surface area contributed by atoms with E-state index < -0.39 is 28.5 Å². The summed E-state index contributed by atoms with van der Waals surface area (Å²) in [7, 11) is -3.84. The molecule has 0 aliphatic heterocycles. The third kappa shape index (κ3) is 8.73. The van der Waals surface area contributed by atoms with Gasteiger partial charge in [-0.3, -0.25) is 13.9 Å². The Morgan fingerprint density at radius 3 is 2.18 bits per heavy atom. The van der Waals surface area contributed by atoms with Crippen molar-refractivity contribution in [2.24, 2.45) is 0 Å². The normalized spacial score (nSPS) is 12.7. The first kappa shape index (κ1) is 30.0. The minimum atomic E-state index is -3.84. The van der Waals surface area contributed by atoms with Crippen molar-refractivity contribution >= 4 is 39.1 Å². The molecule has 0 unspecified atom stereocenters. The van der Waals surface area contributed by atoms with Crippen molar-refractivity contribution in [1.82, 2.24) is 10.2 Å². The second-order valence-electron chi connectivity index (χ2n) is 9.32. The van der Waals surface area contributed by atoms with Crippen molar-refractivity contribution in [2.45, 2.75) is 45.8 Å². The summed E-state index contributed by atoms with van der Waals surface area (Å²) in [6.07, 6.45) is 1.77. The number of benzene rings is 3. The van der Waals surface area contributed by atoms with Crippen molar-refractivity contribution in [3.05, 3.63) is 89.4 Å². The summed E-state index contributed by atoms with van der Waals surface area (Å²) >= 11 is 6.15. The number of amides is 2. The van der Waals surface area contributed by atoms with E-state index in [2.05, 4.69) is 5.32 Å². The predicted octanol–water partition coefficient (Wildman–Crippen LogP) is 5.23. The molecule has 0 spiro atoms. The van der Waals surface area contributed by atoms with Gasteiger partial charge in [-0.25, -0.2) is 8.42 Å². The van der Waals surface area contributed by atoms with E-state index in [1.807, 2.05) is 44.2 Å². The standard InChI is InChI=1S/C29H34ClN3O5S/c1-5-21(2)31-29(35)22(3)32(19-23-10-9-11-24(30)18-23)28(34)20-33(39(4,36)37)25-14-16-27(17-15-25)38-26-12-7-6-8-13-26/h6-18,21-22H,5,19-20H2,1-4H3,(H,31,35)/t21-,22+/m0/s1. The lowest BCUT2D eigenvalue weighted by atomic mass is 10.1. The number of halogens is 1. The number of sulfonamides is 1. The van der Waals surface area contributed by atoms with Gasteiger partial charge in [0.25, 0.3) is 0 Å². The molecular formula is C29H34ClN3O5S. The number of para-hydroxylation sites is 1. The van der Waals surface area contributed by atoms with Crippen LogP contribution in [0.4, 0.5) is 5.69 Å². The molecule has 0 saturated carbocycles. The summed E-state index contributed by atoms with van der Waals surface area (Å²) < 4.78 is 32.4. The number of anilines is 1. The molecule has 2 amide bonds. The van der Waals surface area contributed by atoms with Crippen LogP contribution in [0.5, 0.6) is 11.5 Å². The summed E-state index contributed by atoms with van der Waals surface area (Å²) in [5, 5.41) is 3.39. The molecule has 0 fully saturated rings. The number of carbonyl (C=O) groups excluding carboxylic acids is 2. The van der Waals surface area contributed by atoms with Crippen molar-refractivity contribution in [2.75, 3.05) is 17.1 Å². The maximum Gasteiger partial charge on any atom is 0.244 e. The van der Waals surface area contributed by atoms with E-state index in [4.69, 9.17) is 16.3 Å². The Balaban J connectivity index is 1.86. The third-order valence-electron chi connectivity index (χ3n) is 6.19. The highest BCUT2D eigenvalue weighted by Crippen LogP contribution is 2.26. The Morgan fingerprint density at radius 1 is 0.949 bits per heavy atom. The molecule has 3 aromatic rings. The molecule has 0 aromatic heterocycles. The molecule has 3 rings (SSSR count). The van der Waals surface area contributed by atoms with Crippen molar-refractivity contribution < 1.29 is 22.7 Å². The maximum absolute atomic E-state index is 13.7. The topological polar surface area (TPSA) is 96.0 Å². The molecular weight excluding hydrogens is 538 g/mol. The average molecular weight is 572 g/mol. The summed E-state index contributed by atoms with van der Waals surface area (Å²) in [4.78, 5) is 28.0. The highest BCUT2D eigenvalue weighted by atomic mass is 35.5. The summed E-state index contributed by atoms with van der Waals surface area (Å²) in [6, 6.07) is 21.7. The van der Waals surface area contributed by atoms with E-state index in [9.17, 15) is 18.0 Å². The molecule has 3 aromatic carbocycles. The van der Waals surface area contributed by atoms with Gasteiger partial charge in [0.2, 0.25) is 21.8 Å². The van der Waals surface area contributed by atoms with Gasteiger partial charge >= 0.3 is 0 Å². The number of hydrogen-bond acceptors (Lipinski definition) is 5. The Hall–Kier alpha value is -3.56. The number of rotatable bonds is 12. The highest BCUT2D eigenvalue weighted by molar-refractivity contribution is 7.92. The van der Waals surface area contributed by atoms with Gasteiger partial charge in [0.15, 0.2) is 0 Å². The van der Waals surface area contributed by atoms with Crippen LogP contribution in [0.3, 0.4) is 0 Å². The molecule has 0 saturated heterocycles. The first-order chi connectivity index (χ1) is 18.5. The fourth-order valence-corrected chi connectivity index (χ4v) is 4.86. The van der Waals surface area contributed by atoms with E-state index in [1.54, 1.807) is 55.5 Å². The highest BCUT2D eigenvalue weighted by Gasteiger charge is 2.30. The first-order valence-electron chi connectivity index (χ1n) is 12.6. The summed E-state index contributed by atoms with van der Waals surface area (Å²) in [5.74, 6) is 0.300. The number of nitrogens with one attached hydrogen (secondary N) is 1. The lowest BCUT2D eigenvalue weighted by Gasteiger charge is -2.32. The summed E-state index contributed by atoms with van der Waals surface area (Å²) in [6.45, 7) is 5.05. The molecule has 0 aliphatic rings. The van der Waals surface area contributed by atoms with Crippen LogP contribution in [-0.2, 0) is 26.2 Å². The van der Waals surface area contributed by atoms with Crippen molar-refractivity contribution in [3.8, 4) is 11.5 Å². The van der Waals surface area contributed by atoms with Gasteiger partial charge in [0.1, 0.15) is 24.1 Å². The van der Waals surface area contributed by atoms with Gasteiger partial charge in [0, 0.05) is 17.6 Å². The molecule has 0 bridgehead atoms. The van der Waals surface area contributed by atoms with Gasteiger partial charge in [-0.15, -0.1) is 0 Å². The Morgan fingerprint density at radius 2 is 1.59 bits per heavy atom. The molecule has 208 valence electrons. The zero-order chi connectivity index (χ0) is 28.6. The van der Waals surface area contributed by atoms with Gasteiger partial charge in [-0.05, 0) is 74.4 Å². The number of ether oxygens (including phenoxy) is 1. The van der Waals surface area contributed by atoms with Crippen LogP contribution < -0.4 is 14.4 Å². The second kappa shape index (κ2) is 13.5. The SMILES string of the molecule is CC[C@H](C)NC(=O)[C@@H](C)N(Cc1cccc(Cl)c1)C(=O)CN(c1ccc(Oc2ccccc2)cc1)S(C)(=O)=O. The number of hydrogen-bond donors (Lipinski definition) is 1. The number of carbonyl (C=O) groups is 2. The average Bonchev–Trinajstić information content (AvgIpc) is 2.90. The van der Waals surface area contributed by atoms with E-state index in [-0.39, 0.29) is 18.5 Å².